The van der Waals surface area contributed by atoms with Gasteiger partial charge in [-0.3, -0.25) is 9.59 Å². The topological polar surface area (TPSA) is 68.3 Å². The van der Waals surface area contributed by atoms with Gasteiger partial charge in [-0.2, -0.15) is 0 Å². The number of imide groups is 1. The predicted molar refractivity (Wildman–Crippen MR) is 113 cm³/mol. The maximum Gasteiger partial charge on any atom is 0.282 e. The van der Waals surface area contributed by atoms with Crippen LogP contribution in [0.3, 0.4) is 0 Å². The van der Waals surface area contributed by atoms with Crippen molar-refractivity contribution >= 4 is 23.1 Å². The van der Waals surface area contributed by atoms with Crippen molar-refractivity contribution in [1.82, 2.24) is 4.90 Å². The van der Waals surface area contributed by atoms with Crippen molar-refractivity contribution in [2.24, 2.45) is 0 Å². The van der Waals surface area contributed by atoms with Gasteiger partial charge in [0.1, 0.15) is 17.2 Å². The molecule has 0 unspecified atom stereocenters. The van der Waals surface area contributed by atoms with E-state index in [2.05, 4.69) is 0 Å². The Morgan fingerprint density at radius 1 is 0.900 bits per heavy atom. The Bertz CT molecular complexity index is 1010. The zero-order chi connectivity index (χ0) is 21.3. The molecule has 2 heterocycles. The SMILES string of the molecule is COc1ccc(OC)c(N2C(=O)C(c3ccc(C)cc3)=C(N3CCOCC3)C2=O)c1. The van der Waals surface area contributed by atoms with E-state index in [4.69, 9.17) is 14.2 Å². The molecule has 7 heteroatoms. The molecule has 0 saturated carbocycles. The summed E-state index contributed by atoms with van der Waals surface area (Å²) >= 11 is 0. The molecular formula is C23H24N2O5. The average Bonchev–Trinajstić information content (AvgIpc) is 3.04. The second-order valence-electron chi connectivity index (χ2n) is 7.17. The maximum absolute atomic E-state index is 13.6. The first-order valence-corrected chi connectivity index (χ1v) is 9.80. The van der Waals surface area contributed by atoms with Crippen LogP contribution in [-0.2, 0) is 14.3 Å². The number of morpholine rings is 1. The number of carbonyl (C=O) groups excluding carboxylic acids is 2. The second-order valence-corrected chi connectivity index (χ2v) is 7.17. The number of hydrogen-bond acceptors (Lipinski definition) is 6. The smallest absolute Gasteiger partial charge is 0.282 e. The molecule has 30 heavy (non-hydrogen) atoms. The summed E-state index contributed by atoms with van der Waals surface area (Å²) in [5.41, 5.74) is 2.95. The standard InChI is InChI=1S/C23H24N2O5/c1-15-4-6-16(7-5-15)20-21(24-10-12-30-13-11-24)23(27)25(22(20)26)18-14-17(28-2)8-9-19(18)29-3/h4-9,14H,10-13H2,1-3H3. The molecule has 0 aromatic heterocycles. The maximum atomic E-state index is 13.6. The fourth-order valence-electron chi connectivity index (χ4n) is 3.77. The van der Waals surface area contributed by atoms with E-state index in [9.17, 15) is 9.59 Å². The number of aryl methyl sites for hydroxylation is 1. The van der Waals surface area contributed by atoms with Gasteiger partial charge in [0.25, 0.3) is 11.8 Å². The van der Waals surface area contributed by atoms with Gasteiger partial charge in [0.05, 0.1) is 38.7 Å². The summed E-state index contributed by atoms with van der Waals surface area (Å²) in [4.78, 5) is 30.3. The number of amides is 2. The van der Waals surface area contributed by atoms with Gasteiger partial charge in [0.15, 0.2) is 0 Å². The summed E-state index contributed by atoms with van der Waals surface area (Å²) in [6.45, 7) is 4.10. The minimum atomic E-state index is -0.378. The molecule has 1 saturated heterocycles. The van der Waals surface area contributed by atoms with Gasteiger partial charge >= 0.3 is 0 Å². The van der Waals surface area contributed by atoms with Crippen molar-refractivity contribution in [2.45, 2.75) is 6.92 Å². The number of methoxy groups -OCH3 is 2. The molecule has 2 aliphatic rings. The van der Waals surface area contributed by atoms with Crippen LogP contribution in [0.25, 0.3) is 5.57 Å². The molecule has 0 spiro atoms. The van der Waals surface area contributed by atoms with Crippen molar-refractivity contribution in [1.29, 1.82) is 0 Å². The number of rotatable bonds is 5. The number of anilines is 1. The molecule has 2 aromatic carbocycles. The molecule has 2 amide bonds. The average molecular weight is 408 g/mol. The Morgan fingerprint density at radius 3 is 2.23 bits per heavy atom. The highest BCUT2D eigenvalue weighted by Crippen LogP contribution is 2.40. The number of benzene rings is 2. The van der Waals surface area contributed by atoms with Crippen molar-refractivity contribution in [3.63, 3.8) is 0 Å². The molecule has 0 bridgehead atoms. The molecule has 1 fully saturated rings. The Morgan fingerprint density at radius 2 is 1.60 bits per heavy atom. The number of ether oxygens (including phenoxy) is 3. The van der Waals surface area contributed by atoms with Gasteiger partial charge in [-0.05, 0) is 24.6 Å². The van der Waals surface area contributed by atoms with Gasteiger partial charge in [-0.1, -0.05) is 29.8 Å². The van der Waals surface area contributed by atoms with Crippen molar-refractivity contribution < 1.29 is 23.8 Å². The van der Waals surface area contributed by atoms with Crippen LogP contribution in [0, 0.1) is 6.92 Å². The first-order valence-electron chi connectivity index (χ1n) is 9.80. The third-order valence-electron chi connectivity index (χ3n) is 5.35. The molecule has 0 aliphatic carbocycles. The summed E-state index contributed by atoms with van der Waals surface area (Å²) in [5.74, 6) is 0.202. The number of carbonyl (C=O) groups is 2. The summed E-state index contributed by atoms with van der Waals surface area (Å²) in [6, 6.07) is 12.7. The van der Waals surface area contributed by atoms with Crippen LogP contribution < -0.4 is 14.4 Å². The van der Waals surface area contributed by atoms with Crippen LogP contribution in [0.2, 0.25) is 0 Å². The lowest BCUT2D eigenvalue weighted by molar-refractivity contribution is -0.121. The van der Waals surface area contributed by atoms with Gasteiger partial charge in [-0.15, -0.1) is 0 Å². The van der Waals surface area contributed by atoms with Crippen LogP contribution in [0.4, 0.5) is 5.69 Å². The van der Waals surface area contributed by atoms with E-state index >= 15 is 0 Å². The van der Waals surface area contributed by atoms with E-state index in [-0.39, 0.29) is 11.8 Å². The predicted octanol–water partition coefficient (Wildman–Crippen LogP) is 2.63. The van der Waals surface area contributed by atoms with Gasteiger partial charge in [0.2, 0.25) is 0 Å². The van der Waals surface area contributed by atoms with Crippen LogP contribution in [0.5, 0.6) is 11.5 Å². The Kier molecular flexibility index (Phi) is 5.46. The van der Waals surface area contributed by atoms with Crippen molar-refractivity contribution in [2.75, 3.05) is 45.4 Å². The third kappa shape index (κ3) is 3.41. The molecule has 7 nitrogen and oxygen atoms in total. The Balaban J connectivity index is 1.85. The van der Waals surface area contributed by atoms with Crippen LogP contribution >= 0.6 is 0 Å². The summed E-state index contributed by atoms with van der Waals surface area (Å²) in [5, 5.41) is 0. The fraction of sp³-hybridized carbons (Fsp3) is 0.304. The highest BCUT2D eigenvalue weighted by atomic mass is 16.5. The van der Waals surface area contributed by atoms with Crippen LogP contribution in [0.15, 0.2) is 48.2 Å². The molecule has 0 N–H and O–H groups in total. The van der Waals surface area contributed by atoms with Crippen LogP contribution in [0.1, 0.15) is 11.1 Å². The monoisotopic (exact) mass is 408 g/mol. The molecule has 4 rings (SSSR count). The zero-order valence-corrected chi connectivity index (χ0v) is 17.3. The summed E-state index contributed by atoms with van der Waals surface area (Å²) in [7, 11) is 3.04. The first kappa shape index (κ1) is 20.0. The summed E-state index contributed by atoms with van der Waals surface area (Å²) in [6.07, 6.45) is 0. The first-order chi connectivity index (χ1) is 14.5. The van der Waals surface area contributed by atoms with Gasteiger partial charge < -0.3 is 19.1 Å². The van der Waals surface area contributed by atoms with E-state index in [0.717, 1.165) is 5.56 Å². The Hall–Kier alpha value is -3.32. The fourth-order valence-corrected chi connectivity index (χ4v) is 3.77. The quantitative estimate of drug-likeness (QED) is 0.709. The van der Waals surface area contributed by atoms with Crippen LogP contribution in [-0.4, -0.2) is 57.2 Å². The van der Waals surface area contributed by atoms with E-state index in [1.165, 1.54) is 19.1 Å². The third-order valence-corrected chi connectivity index (χ3v) is 5.35. The zero-order valence-electron chi connectivity index (χ0n) is 17.3. The van der Waals surface area contributed by atoms with E-state index in [0.29, 0.717) is 60.3 Å². The minimum absolute atomic E-state index is 0.361. The molecule has 2 aliphatic heterocycles. The van der Waals surface area contributed by atoms with Gasteiger partial charge in [-0.25, -0.2) is 4.90 Å². The van der Waals surface area contributed by atoms with E-state index in [1.807, 2.05) is 36.1 Å². The largest absolute Gasteiger partial charge is 0.497 e. The lowest BCUT2D eigenvalue weighted by Crippen LogP contribution is -2.40. The second kappa shape index (κ2) is 8.20. The molecule has 0 radical (unpaired) electrons. The lowest BCUT2D eigenvalue weighted by atomic mass is 10.0. The van der Waals surface area contributed by atoms with E-state index in [1.54, 1.807) is 18.2 Å². The number of hydrogen-bond donors (Lipinski definition) is 0. The highest BCUT2D eigenvalue weighted by molar-refractivity contribution is 6.45. The lowest BCUT2D eigenvalue weighted by Gasteiger charge is -2.29. The van der Waals surface area contributed by atoms with Crippen molar-refractivity contribution in [3.05, 3.63) is 59.3 Å². The highest BCUT2D eigenvalue weighted by Gasteiger charge is 2.43. The number of nitrogens with zero attached hydrogens (tertiary/aromatic N) is 2. The molecule has 0 atom stereocenters. The van der Waals surface area contributed by atoms with Crippen molar-refractivity contribution in [3.8, 4) is 11.5 Å². The molecular weight excluding hydrogens is 384 g/mol. The molecule has 2 aromatic rings. The molecule has 156 valence electrons. The van der Waals surface area contributed by atoms with Gasteiger partial charge in [0, 0.05) is 19.2 Å². The van der Waals surface area contributed by atoms with E-state index < -0.39 is 0 Å². The Labute approximate surface area is 175 Å². The normalized spacial score (nSPS) is 17.0. The summed E-state index contributed by atoms with van der Waals surface area (Å²) < 4.78 is 16.2. The minimum Gasteiger partial charge on any atom is -0.497 e.